The first-order valence-corrected chi connectivity index (χ1v) is 10.1. The number of amides is 1. The Hall–Kier alpha value is -2.80. The zero-order valence-electron chi connectivity index (χ0n) is 16.4. The maximum atomic E-state index is 12.7. The van der Waals surface area contributed by atoms with E-state index in [9.17, 15) is 4.79 Å². The van der Waals surface area contributed by atoms with E-state index in [4.69, 9.17) is 20.9 Å². The first kappa shape index (κ1) is 19.5. The molecule has 2 heterocycles. The monoisotopic (exact) mass is 414 g/mol. The van der Waals surface area contributed by atoms with Gasteiger partial charge in [0, 0.05) is 18.2 Å². The molecule has 3 aromatic rings. The third kappa shape index (κ3) is 4.15. The normalized spacial score (nSPS) is 15.8. The van der Waals surface area contributed by atoms with Crippen LogP contribution in [-0.4, -0.2) is 28.0 Å². The summed E-state index contributed by atoms with van der Waals surface area (Å²) in [6.45, 7) is 2.70. The van der Waals surface area contributed by atoms with Crippen molar-refractivity contribution in [2.75, 3.05) is 12.4 Å². The minimum absolute atomic E-state index is 0.265. The van der Waals surface area contributed by atoms with Crippen LogP contribution < -0.4 is 10.1 Å². The van der Waals surface area contributed by atoms with Crippen LogP contribution in [0.15, 0.2) is 35.1 Å². The lowest BCUT2D eigenvalue weighted by Gasteiger charge is -2.19. The van der Waals surface area contributed by atoms with Crippen LogP contribution in [0.4, 0.5) is 5.69 Å². The molecular weight excluding hydrogens is 392 g/mol. The second-order valence-electron chi connectivity index (χ2n) is 7.30. The molecule has 1 unspecified atom stereocenters. The van der Waals surface area contributed by atoms with Crippen LogP contribution in [0.1, 0.15) is 47.1 Å². The Balaban J connectivity index is 1.44. The van der Waals surface area contributed by atoms with Gasteiger partial charge in [-0.1, -0.05) is 36.2 Å². The number of aryl methyl sites for hydroxylation is 1. The number of anilines is 1. The van der Waals surface area contributed by atoms with E-state index in [2.05, 4.69) is 22.5 Å². The summed E-state index contributed by atoms with van der Waals surface area (Å²) in [5, 5.41) is 11.8. The molecule has 0 spiro atoms. The van der Waals surface area contributed by atoms with Crippen molar-refractivity contribution in [3.63, 3.8) is 0 Å². The topological polar surface area (TPSA) is 82.2 Å². The summed E-state index contributed by atoms with van der Waals surface area (Å²) < 4.78 is 12.3. The maximum absolute atomic E-state index is 12.7. The van der Waals surface area contributed by atoms with E-state index < -0.39 is 0 Å². The van der Waals surface area contributed by atoms with E-state index in [-0.39, 0.29) is 5.91 Å². The van der Waals surface area contributed by atoms with Gasteiger partial charge < -0.3 is 14.6 Å². The van der Waals surface area contributed by atoms with Crippen molar-refractivity contribution in [2.24, 2.45) is 5.92 Å². The van der Waals surface area contributed by atoms with Crippen LogP contribution in [0.25, 0.3) is 0 Å². The maximum Gasteiger partial charge on any atom is 0.278 e. The number of carbonyl (C=O) groups excluding carboxylic acids is 1. The first-order valence-electron chi connectivity index (χ1n) is 9.71. The Bertz CT molecular complexity index is 1030. The number of nitrogens with one attached hydrogen (secondary N) is 1. The van der Waals surface area contributed by atoms with E-state index in [1.54, 1.807) is 24.2 Å². The van der Waals surface area contributed by atoms with Crippen LogP contribution in [0.3, 0.4) is 0 Å². The predicted molar refractivity (Wildman–Crippen MR) is 110 cm³/mol. The van der Waals surface area contributed by atoms with Crippen molar-refractivity contribution >= 4 is 23.2 Å². The van der Waals surface area contributed by atoms with Crippen molar-refractivity contribution in [1.82, 2.24) is 14.9 Å². The highest BCUT2D eigenvalue weighted by molar-refractivity contribution is 6.32. The zero-order chi connectivity index (χ0) is 20.4. The Labute approximate surface area is 174 Å². The molecule has 1 aliphatic carbocycles. The number of fused-ring (bicyclic) bond motifs is 1. The van der Waals surface area contributed by atoms with Gasteiger partial charge in [0.2, 0.25) is 0 Å². The van der Waals surface area contributed by atoms with Gasteiger partial charge in [0.05, 0.1) is 30.6 Å². The quantitative estimate of drug-likeness (QED) is 0.648. The number of benzene rings is 1. The molecule has 1 amide bonds. The molecular formula is C21H23ClN4O3. The summed E-state index contributed by atoms with van der Waals surface area (Å²) in [5.41, 5.74) is 2.91. The minimum atomic E-state index is -0.265. The van der Waals surface area contributed by atoms with Gasteiger partial charge in [0.15, 0.2) is 5.69 Å². The average molecular weight is 415 g/mol. The predicted octanol–water partition coefficient (Wildman–Crippen LogP) is 4.35. The average Bonchev–Trinajstić information content (AvgIpc) is 3.34. The molecule has 0 saturated heterocycles. The van der Waals surface area contributed by atoms with E-state index in [0.29, 0.717) is 34.6 Å². The highest BCUT2D eigenvalue weighted by atomic mass is 35.5. The van der Waals surface area contributed by atoms with E-state index in [1.165, 1.54) is 0 Å². The SMILES string of the molecule is CCC1CCc2onc(C(=O)Nc3cnn(Cc4ccc(OC)c(Cl)c4)c3)c2C1. The number of hydrogen-bond acceptors (Lipinski definition) is 5. The molecule has 8 heteroatoms. The molecule has 0 bridgehead atoms. The highest BCUT2D eigenvalue weighted by Crippen LogP contribution is 2.30. The van der Waals surface area contributed by atoms with Gasteiger partial charge in [-0.2, -0.15) is 5.10 Å². The molecule has 7 nitrogen and oxygen atoms in total. The molecule has 1 aromatic carbocycles. The van der Waals surface area contributed by atoms with Crippen molar-refractivity contribution in [1.29, 1.82) is 0 Å². The van der Waals surface area contributed by atoms with Gasteiger partial charge in [-0.05, 0) is 36.5 Å². The molecule has 0 aliphatic heterocycles. The first-order chi connectivity index (χ1) is 14.1. The molecule has 29 heavy (non-hydrogen) atoms. The standard InChI is InChI=1S/C21H23ClN4O3/c1-3-13-4-6-18-16(8-13)20(25-29-18)21(27)24-15-10-23-26(12-15)11-14-5-7-19(28-2)17(22)9-14/h5,7,9-10,12-13H,3-4,6,8,11H2,1-2H3,(H,24,27). The van der Waals surface area contributed by atoms with Gasteiger partial charge in [0.1, 0.15) is 11.5 Å². The summed E-state index contributed by atoms with van der Waals surface area (Å²) >= 11 is 6.18. The lowest BCUT2D eigenvalue weighted by atomic mass is 9.85. The van der Waals surface area contributed by atoms with Crippen LogP contribution >= 0.6 is 11.6 Å². The van der Waals surface area contributed by atoms with E-state index >= 15 is 0 Å². The highest BCUT2D eigenvalue weighted by Gasteiger charge is 2.28. The third-order valence-electron chi connectivity index (χ3n) is 5.39. The molecule has 152 valence electrons. The third-order valence-corrected chi connectivity index (χ3v) is 5.68. The molecule has 4 rings (SSSR count). The fourth-order valence-electron chi connectivity index (χ4n) is 3.70. The molecule has 1 atom stereocenters. The largest absolute Gasteiger partial charge is 0.495 e. The van der Waals surface area contributed by atoms with Gasteiger partial charge >= 0.3 is 0 Å². The number of methoxy groups -OCH3 is 1. The van der Waals surface area contributed by atoms with Crippen LogP contribution in [0.2, 0.25) is 5.02 Å². The van der Waals surface area contributed by atoms with Crippen molar-refractivity contribution in [3.05, 3.63) is 58.2 Å². The number of hydrogen-bond donors (Lipinski definition) is 1. The van der Waals surface area contributed by atoms with Gasteiger partial charge in [-0.15, -0.1) is 0 Å². The lowest BCUT2D eigenvalue weighted by molar-refractivity contribution is 0.101. The molecule has 1 aliphatic rings. The Kier molecular flexibility index (Phi) is 5.58. The number of carbonyl (C=O) groups is 1. The van der Waals surface area contributed by atoms with Crippen molar-refractivity contribution in [2.45, 2.75) is 39.2 Å². The molecule has 1 N–H and O–H groups in total. The molecule has 0 saturated carbocycles. The lowest BCUT2D eigenvalue weighted by Crippen LogP contribution is -2.18. The summed E-state index contributed by atoms with van der Waals surface area (Å²) in [6, 6.07) is 5.59. The molecule has 2 aromatic heterocycles. The Morgan fingerprint density at radius 3 is 3.07 bits per heavy atom. The van der Waals surface area contributed by atoms with E-state index in [1.807, 2.05) is 18.2 Å². The fraction of sp³-hybridized carbons (Fsp3) is 0.381. The second-order valence-corrected chi connectivity index (χ2v) is 7.71. The second kappa shape index (κ2) is 8.29. The summed E-state index contributed by atoms with van der Waals surface area (Å²) in [7, 11) is 1.58. The molecule has 0 fully saturated rings. The fourth-order valence-corrected chi connectivity index (χ4v) is 3.98. The van der Waals surface area contributed by atoms with Gasteiger partial charge in [-0.3, -0.25) is 9.48 Å². The number of ether oxygens (including phenoxy) is 1. The number of nitrogens with zero attached hydrogens (tertiary/aromatic N) is 3. The van der Waals surface area contributed by atoms with Crippen molar-refractivity contribution < 1.29 is 14.1 Å². The minimum Gasteiger partial charge on any atom is -0.495 e. The van der Waals surface area contributed by atoms with Crippen LogP contribution in [0, 0.1) is 5.92 Å². The van der Waals surface area contributed by atoms with Gasteiger partial charge in [-0.25, -0.2) is 0 Å². The van der Waals surface area contributed by atoms with Crippen molar-refractivity contribution in [3.8, 4) is 5.75 Å². The Morgan fingerprint density at radius 1 is 1.45 bits per heavy atom. The number of aromatic nitrogens is 3. The van der Waals surface area contributed by atoms with Crippen LogP contribution in [0.5, 0.6) is 5.75 Å². The molecule has 0 radical (unpaired) electrons. The van der Waals surface area contributed by atoms with Crippen LogP contribution in [-0.2, 0) is 19.4 Å². The summed E-state index contributed by atoms with van der Waals surface area (Å²) in [5.74, 6) is 1.78. The van der Waals surface area contributed by atoms with E-state index in [0.717, 1.165) is 42.6 Å². The number of halogens is 1. The zero-order valence-corrected chi connectivity index (χ0v) is 17.2. The smallest absolute Gasteiger partial charge is 0.278 e. The summed E-state index contributed by atoms with van der Waals surface area (Å²) in [6.07, 6.45) is 7.25. The Morgan fingerprint density at radius 2 is 2.31 bits per heavy atom. The number of rotatable bonds is 6. The summed E-state index contributed by atoms with van der Waals surface area (Å²) in [4.78, 5) is 12.7. The van der Waals surface area contributed by atoms with Gasteiger partial charge in [0.25, 0.3) is 5.91 Å².